The Morgan fingerprint density at radius 3 is 1.68 bits per heavy atom. The van der Waals surface area contributed by atoms with E-state index in [-0.39, 0.29) is 12.1 Å². The molecule has 0 rings (SSSR count). The van der Waals surface area contributed by atoms with Gasteiger partial charge in [0.05, 0.1) is 11.9 Å². The van der Waals surface area contributed by atoms with Crippen LogP contribution in [0, 0.1) is 0 Å². The largest absolute Gasteiger partial charge is 0.495 e. The second-order valence-corrected chi connectivity index (χ2v) is 12.1. The van der Waals surface area contributed by atoms with Gasteiger partial charge in [-0.15, -0.1) is 0 Å². The summed E-state index contributed by atoms with van der Waals surface area (Å²) in [5, 5.41) is 0. The van der Waals surface area contributed by atoms with Gasteiger partial charge < -0.3 is 14.2 Å². The van der Waals surface area contributed by atoms with Crippen molar-refractivity contribution < 1.29 is 19.0 Å². The molecule has 0 saturated carbocycles. The minimum absolute atomic E-state index is 0.0903. The fourth-order valence-corrected chi connectivity index (χ4v) is 5.00. The molecule has 0 radical (unpaired) electrons. The Labute approximate surface area is 273 Å². The Hall–Kier alpha value is -2.07. The van der Waals surface area contributed by atoms with Crippen molar-refractivity contribution in [3.8, 4) is 0 Å². The zero-order valence-electron chi connectivity index (χ0n) is 29.2. The number of unbranched alkanes of at least 4 members (excludes halogenated alkanes) is 14. The molecule has 1 atom stereocenters. The van der Waals surface area contributed by atoms with Gasteiger partial charge in [-0.25, -0.2) is 0 Å². The Morgan fingerprint density at radius 2 is 1.11 bits per heavy atom. The van der Waals surface area contributed by atoms with Crippen LogP contribution in [0.5, 0.6) is 0 Å². The summed E-state index contributed by atoms with van der Waals surface area (Å²) < 4.78 is 16.8. The summed E-state index contributed by atoms with van der Waals surface area (Å²) in [6, 6.07) is 0. The standard InChI is InChI=1S/C40H70O4/c1-5-7-9-11-13-14-15-16-17-18-19-20-23-27-33-39(44-38(3)32-31-36-42-4)34-28-24-22-25-29-35-40(41)43-37-30-26-21-12-10-8-6-2/h11-15,21,26,30,39H,3,5-10,16-20,22-25,27-29,31-37H2,1-2,4H3/b13-11+,15-14+,21-12+,30-26+. The van der Waals surface area contributed by atoms with Gasteiger partial charge in [0.2, 0.25) is 0 Å². The minimum Gasteiger partial charge on any atom is -0.495 e. The Morgan fingerprint density at radius 1 is 0.614 bits per heavy atom. The highest BCUT2D eigenvalue weighted by Crippen LogP contribution is 2.20. The zero-order chi connectivity index (χ0) is 32.2. The number of hydrogen-bond acceptors (Lipinski definition) is 4. The van der Waals surface area contributed by atoms with Crippen LogP contribution in [-0.2, 0) is 19.0 Å². The van der Waals surface area contributed by atoms with Crippen LogP contribution in [0.2, 0.25) is 0 Å². The fourth-order valence-electron chi connectivity index (χ4n) is 5.00. The van der Waals surface area contributed by atoms with Crippen LogP contribution in [0.15, 0.2) is 60.9 Å². The molecular weight excluding hydrogens is 544 g/mol. The fraction of sp³-hybridized carbons (Fsp3) is 0.725. The first-order valence-corrected chi connectivity index (χ1v) is 18.3. The van der Waals surface area contributed by atoms with E-state index in [0.717, 1.165) is 63.7 Å². The van der Waals surface area contributed by atoms with Crippen molar-refractivity contribution in [1.29, 1.82) is 0 Å². The molecule has 0 fully saturated rings. The molecule has 0 aromatic carbocycles. The highest BCUT2D eigenvalue weighted by Gasteiger charge is 2.11. The number of ether oxygens (including phenoxy) is 3. The maximum Gasteiger partial charge on any atom is 0.306 e. The molecule has 4 heteroatoms. The number of carbonyl (C=O) groups is 1. The molecule has 0 aromatic rings. The number of carbonyl (C=O) groups excluding carboxylic acids is 1. The molecule has 0 heterocycles. The summed E-state index contributed by atoms with van der Waals surface area (Å²) in [5.41, 5.74) is 0. The second-order valence-electron chi connectivity index (χ2n) is 12.1. The van der Waals surface area contributed by atoms with Crippen molar-refractivity contribution in [2.75, 3.05) is 20.3 Å². The monoisotopic (exact) mass is 615 g/mol. The van der Waals surface area contributed by atoms with E-state index in [0.29, 0.717) is 13.0 Å². The zero-order valence-corrected chi connectivity index (χ0v) is 29.2. The molecule has 0 bridgehead atoms. The normalized spacial score (nSPS) is 12.7. The lowest BCUT2D eigenvalue weighted by atomic mass is 10.0. The maximum absolute atomic E-state index is 12.0. The molecule has 0 spiro atoms. The smallest absolute Gasteiger partial charge is 0.306 e. The topological polar surface area (TPSA) is 44.8 Å². The lowest BCUT2D eigenvalue weighted by molar-refractivity contribution is -0.142. The number of esters is 1. The van der Waals surface area contributed by atoms with Gasteiger partial charge in [0, 0.05) is 26.6 Å². The van der Waals surface area contributed by atoms with Crippen LogP contribution in [0.4, 0.5) is 0 Å². The van der Waals surface area contributed by atoms with Crippen molar-refractivity contribution in [3.05, 3.63) is 60.9 Å². The van der Waals surface area contributed by atoms with Gasteiger partial charge in [-0.05, 0) is 70.3 Å². The van der Waals surface area contributed by atoms with Crippen molar-refractivity contribution >= 4 is 5.97 Å². The van der Waals surface area contributed by atoms with Gasteiger partial charge in [-0.3, -0.25) is 4.79 Å². The molecule has 254 valence electrons. The second kappa shape index (κ2) is 35.4. The molecule has 44 heavy (non-hydrogen) atoms. The highest BCUT2D eigenvalue weighted by molar-refractivity contribution is 5.69. The molecule has 4 nitrogen and oxygen atoms in total. The Kier molecular flexibility index (Phi) is 33.7. The molecule has 0 aliphatic heterocycles. The van der Waals surface area contributed by atoms with Crippen LogP contribution in [0.1, 0.15) is 162 Å². The number of allylic oxidation sites excluding steroid dienone is 8. The summed E-state index contributed by atoms with van der Waals surface area (Å²) >= 11 is 0. The summed E-state index contributed by atoms with van der Waals surface area (Å²) in [6.07, 6.45) is 43.6. The van der Waals surface area contributed by atoms with Gasteiger partial charge in [0.1, 0.15) is 6.61 Å². The molecule has 1 unspecified atom stereocenters. The van der Waals surface area contributed by atoms with Crippen LogP contribution in [0.3, 0.4) is 0 Å². The van der Waals surface area contributed by atoms with Crippen LogP contribution < -0.4 is 0 Å². The van der Waals surface area contributed by atoms with Gasteiger partial charge in [0.15, 0.2) is 0 Å². The predicted octanol–water partition coefficient (Wildman–Crippen LogP) is 12.3. The first kappa shape index (κ1) is 41.9. The Balaban J connectivity index is 4.04. The first-order chi connectivity index (χ1) is 21.6. The van der Waals surface area contributed by atoms with E-state index in [1.54, 1.807) is 7.11 Å². The molecular formula is C40H70O4. The van der Waals surface area contributed by atoms with Gasteiger partial charge in [-0.2, -0.15) is 0 Å². The van der Waals surface area contributed by atoms with E-state index in [9.17, 15) is 4.79 Å². The van der Waals surface area contributed by atoms with Gasteiger partial charge in [-0.1, -0.05) is 134 Å². The van der Waals surface area contributed by atoms with E-state index in [4.69, 9.17) is 14.2 Å². The molecule has 0 saturated heterocycles. The maximum atomic E-state index is 12.0. The summed E-state index contributed by atoms with van der Waals surface area (Å²) in [4.78, 5) is 12.0. The summed E-state index contributed by atoms with van der Waals surface area (Å²) in [7, 11) is 1.74. The van der Waals surface area contributed by atoms with E-state index >= 15 is 0 Å². The van der Waals surface area contributed by atoms with E-state index in [2.05, 4.69) is 50.8 Å². The molecule has 0 aromatic heterocycles. The van der Waals surface area contributed by atoms with Crippen molar-refractivity contribution in [2.45, 2.75) is 168 Å². The van der Waals surface area contributed by atoms with Gasteiger partial charge in [0.25, 0.3) is 0 Å². The van der Waals surface area contributed by atoms with Gasteiger partial charge >= 0.3 is 5.97 Å². The van der Waals surface area contributed by atoms with Crippen molar-refractivity contribution in [2.24, 2.45) is 0 Å². The third kappa shape index (κ3) is 32.8. The Bertz CT molecular complexity index is 748. The summed E-state index contributed by atoms with van der Waals surface area (Å²) in [6.45, 7) is 9.72. The summed E-state index contributed by atoms with van der Waals surface area (Å²) in [5.74, 6) is 0.814. The third-order valence-electron chi connectivity index (χ3n) is 7.75. The average Bonchev–Trinajstić information content (AvgIpc) is 3.02. The number of methoxy groups -OCH3 is 1. The van der Waals surface area contributed by atoms with Crippen molar-refractivity contribution in [3.63, 3.8) is 0 Å². The molecule has 0 N–H and O–H groups in total. The third-order valence-corrected chi connectivity index (χ3v) is 7.75. The number of hydrogen-bond donors (Lipinski definition) is 0. The highest BCUT2D eigenvalue weighted by atomic mass is 16.5. The lowest BCUT2D eigenvalue weighted by Gasteiger charge is -2.21. The molecule has 0 amide bonds. The SMILES string of the molecule is C=C(CCCOC)OC(CCCCCCCC/C=C/C=C/CCCC)CCCCCCCC(=O)OC/C=C/C=C/CCCC. The van der Waals surface area contributed by atoms with E-state index in [1.165, 1.54) is 89.9 Å². The number of rotatable bonds is 33. The van der Waals surface area contributed by atoms with E-state index < -0.39 is 0 Å². The predicted molar refractivity (Wildman–Crippen MR) is 191 cm³/mol. The van der Waals surface area contributed by atoms with Crippen LogP contribution in [0.25, 0.3) is 0 Å². The quantitative estimate of drug-likeness (QED) is 0.0319. The van der Waals surface area contributed by atoms with Crippen LogP contribution >= 0.6 is 0 Å². The minimum atomic E-state index is -0.0903. The van der Waals surface area contributed by atoms with E-state index in [1.807, 2.05) is 18.2 Å². The first-order valence-electron chi connectivity index (χ1n) is 18.3. The van der Waals surface area contributed by atoms with Crippen LogP contribution in [-0.4, -0.2) is 32.4 Å². The molecule has 0 aliphatic rings. The lowest BCUT2D eigenvalue weighted by Crippen LogP contribution is -2.13. The average molecular weight is 615 g/mol. The van der Waals surface area contributed by atoms with Crippen molar-refractivity contribution in [1.82, 2.24) is 0 Å². The molecule has 0 aliphatic carbocycles.